The number of aliphatic hydroxyl groups is 1. The number of carbonyl (C=O) groups is 1. The molecule has 0 unspecified atom stereocenters. The Bertz CT molecular complexity index is 419. The molecule has 86 valence electrons. The van der Waals surface area contributed by atoms with Gasteiger partial charge < -0.3 is 5.11 Å². The highest BCUT2D eigenvalue weighted by atomic mass is 32.2. The number of nitro benzene ring substituents is 1. The minimum absolute atomic E-state index is 0.0249. The second-order valence-corrected chi connectivity index (χ2v) is 4.23. The average Bonchev–Trinajstić information content (AvgIpc) is 2.25. The van der Waals surface area contributed by atoms with E-state index >= 15 is 0 Å². The van der Waals surface area contributed by atoms with Crippen LogP contribution in [0.1, 0.15) is 17.3 Å². The Balaban J connectivity index is 3.07. The summed E-state index contributed by atoms with van der Waals surface area (Å²) < 4.78 is 0. The zero-order chi connectivity index (χ0) is 12.1. The van der Waals surface area contributed by atoms with Crippen LogP contribution in [0, 0.1) is 10.1 Å². The van der Waals surface area contributed by atoms with Gasteiger partial charge in [0.2, 0.25) is 0 Å². The first-order chi connectivity index (χ1) is 7.56. The SMILES string of the molecule is CC(=O)c1cc(SCCO)ccc1[N+](=O)[O-]. The van der Waals surface area contributed by atoms with Crippen molar-refractivity contribution in [1.82, 2.24) is 0 Å². The molecule has 1 aromatic rings. The van der Waals surface area contributed by atoms with Crippen molar-refractivity contribution in [2.75, 3.05) is 12.4 Å². The number of nitro groups is 1. The largest absolute Gasteiger partial charge is 0.396 e. The first kappa shape index (κ1) is 12.7. The summed E-state index contributed by atoms with van der Waals surface area (Å²) in [5, 5.41) is 19.3. The average molecular weight is 241 g/mol. The highest BCUT2D eigenvalue weighted by Gasteiger charge is 2.17. The molecule has 0 radical (unpaired) electrons. The lowest BCUT2D eigenvalue weighted by atomic mass is 10.1. The van der Waals surface area contributed by atoms with Crippen molar-refractivity contribution in [3.63, 3.8) is 0 Å². The quantitative estimate of drug-likeness (QED) is 0.368. The van der Waals surface area contributed by atoms with Gasteiger partial charge in [0.1, 0.15) is 0 Å². The van der Waals surface area contributed by atoms with Crippen molar-refractivity contribution in [3.8, 4) is 0 Å². The van der Waals surface area contributed by atoms with Crippen molar-refractivity contribution < 1.29 is 14.8 Å². The number of hydrogen-bond acceptors (Lipinski definition) is 5. The van der Waals surface area contributed by atoms with Crippen LogP contribution in [-0.2, 0) is 0 Å². The second kappa shape index (κ2) is 5.62. The number of nitrogens with zero attached hydrogens (tertiary/aromatic N) is 1. The lowest BCUT2D eigenvalue weighted by molar-refractivity contribution is -0.385. The minimum atomic E-state index is -0.572. The highest BCUT2D eigenvalue weighted by Crippen LogP contribution is 2.26. The van der Waals surface area contributed by atoms with Gasteiger partial charge in [-0.15, -0.1) is 11.8 Å². The van der Waals surface area contributed by atoms with E-state index in [1.807, 2.05) is 0 Å². The predicted octanol–water partition coefficient (Wildman–Crippen LogP) is 1.88. The highest BCUT2D eigenvalue weighted by molar-refractivity contribution is 7.99. The molecule has 0 heterocycles. The number of Topliss-reactive ketones (excluding diaryl/α,β-unsaturated/α-hetero) is 1. The molecule has 1 aromatic carbocycles. The molecule has 0 aliphatic carbocycles. The molecular formula is C10H11NO4S. The van der Waals surface area contributed by atoms with E-state index in [0.29, 0.717) is 5.75 Å². The first-order valence-electron chi connectivity index (χ1n) is 4.59. The summed E-state index contributed by atoms with van der Waals surface area (Å²) in [5.41, 5.74) is -0.0752. The third-order valence-electron chi connectivity index (χ3n) is 1.90. The van der Waals surface area contributed by atoms with E-state index in [-0.39, 0.29) is 23.6 Å². The zero-order valence-electron chi connectivity index (χ0n) is 8.67. The number of thioether (sulfide) groups is 1. The number of ketones is 1. The fourth-order valence-corrected chi connectivity index (χ4v) is 1.90. The van der Waals surface area contributed by atoms with Gasteiger partial charge in [0.25, 0.3) is 5.69 Å². The van der Waals surface area contributed by atoms with Gasteiger partial charge in [-0.05, 0) is 19.1 Å². The Labute approximate surface area is 96.6 Å². The summed E-state index contributed by atoms with van der Waals surface area (Å²) in [6.07, 6.45) is 0. The van der Waals surface area contributed by atoms with Crippen molar-refractivity contribution in [3.05, 3.63) is 33.9 Å². The van der Waals surface area contributed by atoms with Gasteiger partial charge >= 0.3 is 0 Å². The molecule has 0 aromatic heterocycles. The number of benzene rings is 1. The van der Waals surface area contributed by atoms with Gasteiger partial charge in [-0.25, -0.2) is 0 Å². The molecule has 1 N–H and O–H groups in total. The van der Waals surface area contributed by atoms with Crippen LogP contribution in [0.3, 0.4) is 0 Å². The summed E-state index contributed by atoms with van der Waals surface area (Å²) in [7, 11) is 0. The fourth-order valence-electron chi connectivity index (χ4n) is 1.21. The second-order valence-electron chi connectivity index (χ2n) is 3.06. The topological polar surface area (TPSA) is 80.4 Å². The molecule has 0 spiro atoms. The molecule has 1 rings (SSSR count). The maximum absolute atomic E-state index is 11.2. The van der Waals surface area contributed by atoms with Crippen molar-refractivity contribution in [2.45, 2.75) is 11.8 Å². The third-order valence-corrected chi connectivity index (χ3v) is 2.88. The molecule has 0 saturated carbocycles. The van der Waals surface area contributed by atoms with Crippen molar-refractivity contribution >= 4 is 23.2 Å². The molecule has 0 aliphatic rings. The summed E-state index contributed by atoms with van der Waals surface area (Å²) in [6, 6.07) is 4.38. The molecule has 0 aliphatic heterocycles. The van der Waals surface area contributed by atoms with Crippen LogP contribution in [0.2, 0.25) is 0 Å². The Kier molecular flexibility index (Phi) is 4.45. The van der Waals surface area contributed by atoms with Crippen LogP contribution in [0.4, 0.5) is 5.69 Å². The third kappa shape index (κ3) is 3.04. The number of aliphatic hydroxyl groups excluding tert-OH is 1. The van der Waals surface area contributed by atoms with Gasteiger partial charge in [0.15, 0.2) is 5.78 Å². The lowest BCUT2D eigenvalue weighted by Gasteiger charge is -2.03. The molecule has 0 bridgehead atoms. The summed E-state index contributed by atoms with van der Waals surface area (Å²) in [6.45, 7) is 1.32. The van der Waals surface area contributed by atoms with E-state index in [1.165, 1.54) is 30.8 Å². The summed E-state index contributed by atoms with van der Waals surface area (Å²) in [5.74, 6) is 0.160. The monoisotopic (exact) mass is 241 g/mol. The van der Waals surface area contributed by atoms with Crippen LogP contribution in [0.25, 0.3) is 0 Å². The smallest absolute Gasteiger partial charge is 0.280 e. The van der Waals surface area contributed by atoms with Crippen LogP contribution < -0.4 is 0 Å². The van der Waals surface area contributed by atoms with Gasteiger partial charge in [-0.1, -0.05) is 0 Å². The summed E-state index contributed by atoms with van der Waals surface area (Å²) in [4.78, 5) is 22.1. The van der Waals surface area contributed by atoms with Gasteiger partial charge in [0.05, 0.1) is 17.1 Å². The maximum Gasteiger partial charge on any atom is 0.280 e. The van der Waals surface area contributed by atoms with E-state index < -0.39 is 4.92 Å². The van der Waals surface area contributed by atoms with Gasteiger partial charge in [-0.2, -0.15) is 0 Å². The minimum Gasteiger partial charge on any atom is -0.396 e. The van der Waals surface area contributed by atoms with E-state index in [4.69, 9.17) is 5.11 Å². The Morgan fingerprint density at radius 2 is 2.25 bits per heavy atom. The Morgan fingerprint density at radius 3 is 2.75 bits per heavy atom. The molecule has 5 nitrogen and oxygen atoms in total. The molecule has 16 heavy (non-hydrogen) atoms. The van der Waals surface area contributed by atoms with Gasteiger partial charge in [-0.3, -0.25) is 14.9 Å². The molecular weight excluding hydrogens is 230 g/mol. The van der Waals surface area contributed by atoms with Crippen LogP contribution in [-0.4, -0.2) is 28.2 Å². The van der Waals surface area contributed by atoms with Crippen LogP contribution >= 0.6 is 11.8 Å². The Morgan fingerprint density at radius 1 is 1.56 bits per heavy atom. The molecule has 0 amide bonds. The Hall–Kier alpha value is -1.40. The normalized spacial score (nSPS) is 10.1. The van der Waals surface area contributed by atoms with E-state index in [0.717, 1.165) is 4.90 Å². The molecule has 0 fully saturated rings. The van der Waals surface area contributed by atoms with Crippen molar-refractivity contribution in [1.29, 1.82) is 0 Å². The first-order valence-corrected chi connectivity index (χ1v) is 5.58. The van der Waals surface area contributed by atoms with Crippen molar-refractivity contribution in [2.24, 2.45) is 0 Å². The van der Waals surface area contributed by atoms with Crippen LogP contribution in [0.5, 0.6) is 0 Å². The summed E-state index contributed by atoms with van der Waals surface area (Å²) >= 11 is 1.35. The van der Waals surface area contributed by atoms with E-state index in [9.17, 15) is 14.9 Å². The molecule has 0 atom stereocenters. The standard InChI is InChI=1S/C10H11NO4S/c1-7(13)9-6-8(16-5-4-12)2-3-10(9)11(14)15/h2-3,6,12H,4-5H2,1H3. The fraction of sp³-hybridized carbons (Fsp3) is 0.300. The predicted molar refractivity (Wildman–Crippen MR) is 60.9 cm³/mol. The van der Waals surface area contributed by atoms with Crippen LogP contribution in [0.15, 0.2) is 23.1 Å². The number of hydrogen-bond donors (Lipinski definition) is 1. The maximum atomic E-state index is 11.2. The number of rotatable bonds is 5. The number of carbonyl (C=O) groups excluding carboxylic acids is 1. The lowest BCUT2D eigenvalue weighted by Crippen LogP contribution is -2.00. The molecule has 0 saturated heterocycles. The van der Waals surface area contributed by atoms with E-state index in [2.05, 4.69) is 0 Å². The molecule has 6 heteroatoms. The van der Waals surface area contributed by atoms with Gasteiger partial charge in [0, 0.05) is 16.7 Å². The zero-order valence-corrected chi connectivity index (χ0v) is 9.49. The van der Waals surface area contributed by atoms with E-state index in [1.54, 1.807) is 6.07 Å².